The van der Waals surface area contributed by atoms with Crippen molar-refractivity contribution in [2.75, 3.05) is 6.61 Å². The molecule has 102 valence electrons. The van der Waals surface area contributed by atoms with Crippen molar-refractivity contribution in [3.05, 3.63) is 30.1 Å². The van der Waals surface area contributed by atoms with Crippen LogP contribution in [0.15, 0.2) is 24.3 Å². The topological polar surface area (TPSA) is 49.9 Å². The van der Waals surface area contributed by atoms with Gasteiger partial charge >= 0.3 is 0 Å². The van der Waals surface area contributed by atoms with E-state index in [0.29, 0.717) is 6.04 Å². The molecule has 1 atom stereocenters. The number of rotatable bonds is 3. The fourth-order valence-corrected chi connectivity index (χ4v) is 2.74. The monoisotopic (exact) mass is 259 g/mol. The molecule has 1 aromatic heterocycles. The van der Waals surface area contributed by atoms with Crippen LogP contribution in [0.3, 0.4) is 0 Å². The summed E-state index contributed by atoms with van der Waals surface area (Å²) >= 11 is 0. The Balaban J connectivity index is 1.62. The second-order valence-electron chi connectivity index (χ2n) is 5.88. The number of nitrogens with one attached hydrogen (secondary N) is 2. The summed E-state index contributed by atoms with van der Waals surface area (Å²) in [6, 6.07) is 8.65. The molecule has 1 aliphatic rings. The number of benzene rings is 1. The highest BCUT2D eigenvalue weighted by atomic mass is 16.5. The number of imidazole rings is 1. The van der Waals surface area contributed by atoms with E-state index in [2.05, 4.69) is 35.2 Å². The average Bonchev–Trinajstić information content (AvgIpc) is 2.78. The molecular weight excluding hydrogens is 238 g/mol. The number of aromatic amines is 1. The van der Waals surface area contributed by atoms with Gasteiger partial charge in [0.15, 0.2) is 0 Å². The zero-order valence-electron chi connectivity index (χ0n) is 11.6. The van der Waals surface area contributed by atoms with Crippen LogP contribution in [0.2, 0.25) is 0 Å². The summed E-state index contributed by atoms with van der Waals surface area (Å²) in [6.07, 6.45) is 2.12. The van der Waals surface area contributed by atoms with Crippen LogP contribution in [0.25, 0.3) is 11.0 Å². The Bertz CT molecular complexity index is 528. The van der Waals surface area contributed by atoms with Gasteiger partial charge in [0.1, 0.15) is 5.82 Å². The molecule has 1 aromatic carbocycles. The molecule has 3 rings (SSSR count). The van der Waals surface area contributed by atoms with Gasteiger partial charge in [0.25, 0.3) is 0 Å². The molecule has 0 spiro atoms. The van der Waals surface area contributed by atoms with Crippen molar-refractivity contribution < 1.29 is 4.74 Å². The predicted molar refractivity (Wildman–Crippen MR) is 76.0 cm³/mol. The van der Waals surface area contributed by atoms with Gasteiger partial charge in [0, 0.05) is 12.6 Å². The number of ether oxygens (including phenoxy) is 1. The largest absolute Gasteiger partial charge is 0.375 e. The van der Waals surface area contributed by atoms with E-state index >= 15 is 0 Å². The molecule has 0 saturated carbocycles. The van der Waals surface area contributed by atoms with E-state index in [0.717, 1.165) is 42.9 Å². The first-order valence-electron chi connectivity index (χ1n) is 6.93. The van der Waals surface area contributed by atoms with E-state index in [4.69, 9.17) is 4.74 Å². The minimum absolute atomic E-state index is 0.0101. The van der Waals surface area contributed by atoms with E-state index in [1.165, 1.54) is 0 Å². The Labute approximate surface area is 113 Å². The summed E-state index contributed by atoms with van der Waals surface area (Å²) in [5.41, 5.74) is 2.13. The molecular formula is C15H21N3O. The second-order valence-corrected chi connectivity index (χ2v) is 5.88. The van der Waals surface area contributed by atoms with Crippen LogP contribution in [0.4, 0.5) is 0 Å². The number of nitrogens with zero attached hydrogens (tertiary/aromatic N) is 1. The third kappa shape index (κ3) is 2.96. The summed E-state index contributed by atoms with van der Waals surface area (Å²) in [5.74, 6) is 1.01. The van der Waals surface area contributed by atoms with Crippen LogP contribution in [-0.2, 0) is 11.3 Å². The van der Waals surface area contributed by atoms with Gasteiger partial charge in [0.2, 0.25) is 0 Å². The molecule has 19 heavy (non-hydrogen) atoms. The molecule has 0 aliphatic carbocycles. The molecule has 4 heteroatoms. The number of fused-ring (bicyclic) bond motifs is 1. The molecule has 1 fully saturated rings. The molecule has 2 aromatic rings. The molecule has 2 heterocycles. The zero-order chi connectivity index (χ0) is 13.3. The van der Waals surface area contributed by atoms with Crippen LogP contribution in [0.5, 0.6) is 0 Å². The zero-order valence-corrected chi connectivity index (χ0v) is 11.6. The van der Waals surface area contributed by atoms with Crippen molar-refractivity contribution in [2.45, 2.75) is 44.9 Å². The molecule has 4 nitrogen and oxygen atoms in total. The normalized spacial score (nSPS) is 22.7. The van der Waals surface area contributed by atoms with Gasteiger partial charge in [-0.2, -0.15) is 0 Å². The lowest BCUT2D eigenvalue weighted by Crippen LogP contribution is -2.43. The third-order valence-electron chi connectivity index (χ3n) is 3.69. The lowest BCUT2D eigenvalue weighted by molar-refractivity contribution is -0.0631. The Hall–Kier alpha value is -1.39. The number of hydrogen-bond donors (Lipinski definition) is 2. The molecule has 0 amide bonds. The molecule has 1 unspecified atom stereocenters. The maximum atomic E-state index is 5.73. The molecule has 0 bridgehead atoms. The van der Waals surface area contributed by atoms with Crippen LogP contribution in [0, 0.1) is 0 Å². The van der Waals surface area contributed by atoms with E-state index in [9.17, 15) is 0 Å². The van der Waals surface area contributed by atoms with Gasteiger partial charge in [-0.3, -0.25) is 0 Å². The molecule has 1 aliphatic heterocycles. The summed E-state index contributed by atoms with van der Waals surface area (Å²) < 4.78 is 5.73. The SMILES string of the molecule is CC1(C)CC(NCc2nc3ccccc3[nH]2)CCO1. The summed E-state index contributed by atoms with van der Waals surface area (Å²) in [6.45, 7) is 5.93. The maximum Gasteiger partial charge on any atom is 0.121 e. The minimum Gasteiger partial charge on any atom is -0.375 e. The maximum absolute atomic E-state index is 5.73. The van der Waals surface area contributed by atoms with E-state index in [1.54, 1.807) is 0 Å². The van der Waals surface area contributed by atoms with Crippen LogP contribution < -0.4 is 5.32 Å². The van der Waals surface area contributed by atoms with Crippen molar-refractivity contribution in [3.63, 3.8) is 0 Å². The van der Waals surface area contributed by atoms with Crippen molar-refractivity contribution in [1.82, 2.24) is 15.3 Å². The van der Waals surface area contributed by atoms with Crippen LogP contribution >= 0.6 is 0 Å². The third-order valence-corrected chi connectivity index (χ3v) is 3.69. The fraction of sp³-hybridized carbons (Fsp3) is 0.533. The van der Waals surface area contributed by atoms with Crippen molar-refractivity contribution in [2.24, 2.45) is 0 Å². The van der Waals surface area contributed by atoms with Gasteiger partial charge in [-0.15, -0.1) is 0 Å². The Morgan fingerprint density at radius 3 is 3.05 bits per heavy atom. The van der Waals surface area contributed by atoms with Crippen LogP contribution in [-0.4, -0.2) is 28.2 Å². The Morgan fingerprint density at radius 2 is 2.26 bits per heavy atom. The molecule has 0 radical (unpaired) electrons. The summed E-state index contributed by atoms with van der Waals surface area (Å²) in [5, 5.41) is 3.58. The lowest BCUT2D eigenvalue weighted by Gasteiger charge is -2.35. The Kier molecular flexibility index (Phi) is 3.29. The molecule has 2 N–H and O–H groups in total. The molecule has 1 saturated heterocycles. The van der Waals surface area contributed by atoms with Crippen molar-refractivity contribution >= 4 is 11.0 Å². The van der Waals surface area contributed by atoms with Gasteiger partial charge in [0.05, 0.1) is 23.2 Å². The number of H-pyrrole nitrogens is 1. The highest BCUT2D eigenvalue weighted by molar-refractivity contribution is 5.74. The van der Waals surface area contributed by atoms with Gasteiger partial charge in [-0.25, -0.2) is 4.98 Å². The quantitative estimate of drug-likeness (QED) is 0.891. The lowest BCUT2D eigenvalue weighted by atomic mass is 9.94. The average molecular weight is 259 g/mol. The number of aromatic nitrogens is 2. The number of para-hydroxylation sites is 2. The van der Waals surface area contributed by atoms with E-state index in [-0.39, 0.29) is 5.60 Å². The van der Waals surface area contributed by atoms with Gasteiger partial charge < -0.3 is 15.0 Å². The highest BCUT2D eigenvalue weighted by Gasteiger charge is 2.28. The number of hydrogen-bond acceptors (Lipinski definition) is 3. The smallest absolute Gasteiger partial charge is 0.121 e. The highest BCUT2D eigenvalue weighted by Crippen LogP contribution is 2.24. The Morgan fingerprint density at radius 1 is 1.42 bits per heavy atom. The van der Waals surface area contributed by atoms with Crippen LogP contribution in [0.1, 0.15) is 32.5 Å². The van der Waals surface area contributed by atoms with Crippen molar-refractivity contribution in [3.8, 4) is 0 Å². The van der Waals surface area contributed by atoms with Gasteiger partial charge in [-0.1, -0.05) is 12.1 Å². The first-order chi connectivity index (χ1) is 9.12. The predicted octanol–water partition coefficient (Wildman–Crippen LogP) is 2.61. The second kappa shape index (κ2) is 4.94. The van der Waals surface area contributed by atoms with Crippen molar-refractivity contribution in [1.29, 1.82) is 0 Å². The van der Waals surface area contributed by atoms with E-state index in [1.807, 2.05) is 18.2 Å². The standard InChI is InChI=1S/C15H21N3O/c1-15(2)9-11(7-8-19-15)16-10-14-17-12-5-3-4-6-13(12)18-14/h3-6,11,16H,7-10H2,1-2H3,(H,17,18). The summed E-state index contributed by atoms with van der Waals surface area (Å²) in [7, 11) is 0. The first kappa shape index (κ1) is 12.6. The minimum atomic E-state index is -0.0101. The first-order valence-corrected chi connectivity index (χ1v) is 6.93. The fourth-order valence-electron chi connectivity index (χ4n) is 2.74. The van der Waals surface area contributed by atoms with E-state index < -0.39 is 0 Å². The van der Waals surface area contributed by atoms with Gasteiger partial charge in [-0.05, 0) is 38.8 Å². The summed E-state index contributed by atoms with van der Waals surface area (Å²) in [4.78, 5) is 7.94.